The summed E-state index contributed by atoms with van der Waals surface area (Å²) in [4.78, 5) is 12.5. The molecule has 2 N–H and O–H groups in total. The molecule has 0 atom stereocenters. The molecule has 0 aliphatic carbocycles. The van der Waals surface area contributed by atoms with Crippen LogP contribution in [0.5, 0.6) is 0 Å². The first kappa shape index (κ1) is 18.2. The van der Waals surface area contributed by atoms with E-state index in [-0.39, 0.29) is 10.6 Å². The molecule has 1 heterocycles. The van der Waals surface area contributed by atoms with Gasteiger partial charge < -0.3 is 5.32 Å². The number of nitrogens with one attached hydrogen (secondary N) is 2. The van der Waals surface area contributed by atoms with E-state index in [1.165, 1.54) is 12.1 Å². The third kappa shape index (κ3) is 4.50. The number of carbonyl (C=O) groups is 1. The van der Waals surface area contributed by atoms with E-state index < -0.39 is 15.7 Å². The lowest BCUT2D eigenvalue weighted by Gasteiger charge is -2.05. The summed E-state index contributed by atoms with van der Waals surface area (Å²) in [7, 11) is -3.34. The topological polar surface area (TPSA) is 91.9 Å². The van der Waals surface area contributed by atoms with Crippen molar-refractivity contribution >= 4 is 33.0 Å². The number of sulfone groups is 1. The number of anilines is 1. The van der Waals surface area contributed by atoms with Gasteiger partial charge in [0, 0.05) is 29.1 Å². The van der Waals surface area contributed by atoms with Crippen LogP contribution in [0, 0.1) is 0 Å². The highest BCUT2D eigenvalue weighted by Crippen LogP contribution is 2.17. The van der Waals surface area contributed by atoms with Crippen LogP contribution in [-0.2, 0) is 16.3 Å². The molecule has 0 radical (unpaired) electrons. The highest BCUT2D eigenvalue weighted by atomic mass is 35.5. The van der Waals surface area contributed by atoms with E-state index in [9.17, 15) is 13.2 Å². The van der Waals surface area contributed by atoms with Crippen molar-refractivity contribution in [1.82, 2.24) is 10.2 Å². The summed E-state index contributed by atoms with van der Waals surface area (Å²) in [5.41, 5.74) is 2.42. The van der Waals surface area contributed by atoms with Crippen molar-refractivity contribution in [3.8, 4) is 0 Å². The zero-order valence-electron chi connectivity index (χ0n) is 13.9. The minimum Gasteiger partial charge on any atom is -0.321 e. The molecule has 3 aromatic rings. The predicted molar refractivity (Wildman–Crippen MR) is 100 cm³/mol. The van der Waals surface area contributed by atoms with Gasteiger partial charge in [0.15, 0.2) is 15.5 Å². The second-order valence-corrected chi connectivity index (χ2v) is 8.29. The predicted octanol–water partition coefficient (Wildman–Crippen LogP) is 3.31. The first-order chi connectivity index (χ1) is 12.3. The summed E-state index contributed by atoms with van der Waals surface area (Å²) >= 11 is 5.87. The van der Waals surface area contributed by atoms with Crippen LogP contribution in [0.4, 0.5) is 5.69 Å². The lowest BCUT2D eigenvalue weighted by Crippen LogP contribution is -2.12. The number of aromatic nitrogens is 2. The van der Waals surface area contributed by atoms with Crippen LogP contribution < -0.4 is 5.32 Å². The Hall–Kier alpha value is -2.64. The Morgan fingerprint density at radius 3 is 2.58 bits per heavy atom. The molecular formula is C18H16ClN3O3S. The van der Waals surface area contributed by atoms with Gasteiger partial charge in [-0.25, -0.2) is 8.42 Å². The Morgan fingerprint density at radius 2 is 1.88 bits per heavy atom. The van der Waals surface area contributed by atoms with Gasteiger partial charge >= 0.3 is 0 Å². The highest BCUT2D eigenvalue weighted by molar-refractivity contribution is 7.90. The Labute approximate surface area is 156 Å². The zero-order valence-corrected chi connectivity index (χ0v) is 15.4. The van der Waals surface area contributed by atoms with Crippen LogP contribution in [0.25, 0.3) is 0 Å². The van der Waals surface area contributed by atoms with Gasteiger partial charge in [-0.3, -0.25) is 9.89 Å². The van der Waals surface area contributed by atoms with Gasteiger partial charge in [0.05, 0.1) is 4.90 Å². The second kappa shape index (κ2) is 7.31. The number of hydrogen-bond acceptors (Lipinski definition) is 4. The van der Waals surface area contributed by atoms with Crippen molar-refractivity contribution in [3.05, 3.63) is 76.6 Å². The van der Waals surface area contributed by atoms with Gasteiger partial charge in [-0.15, -0.1) is 0 Å². The zero-order chi connectivity index (χ0) is 18.7. The SMILES string of the molecule is CS(=O)(=O)c1cccc(NC(=O)c2cc(Cc3ccc(Cl)cc3)[nH]n2)c1. The Bertz CT molecular complexity index is 1040. The van der Waals surface area contributed by atoms with E-state index in [1.807, 2.05) is 12.1 Å². The van der Waals surface area contributed by atoms with E-state index in [4.69, 9.17) is 11.6 Å². The molecule has 8 heteroatoms. The minimum absolute atomic E-state index is 0.140. The lowest BCUT2D eigenvalue weighted by atomic mass is 10.1. The quantitative estimate of drug-likeness (QED) is 0.700. The molecule has 134 valence electrons. The van der Waals surface area contributed by atoms with Gasteiger partial charge in [0.2, 0.25) is 0 Å². The van der Waals surface area contributed by atoms with Crippen molar-refractivity contribution in [2.75, 3.05) is 11.6 Å². The Balaban J connectivity index is 1.71. The van der Waals surface area contributed by atoms with Crippen molar-refractivity contribution in [1.29, 1.82) is 0 Å². The molecule has 0 aliphatic heterocycles. The largest absolute Gasteiger partial charge is 0.321 e. The molecule has 1 aromatic heterocycles. The standard InChI is InChI=1S/C18H16ClN3O3S/c1-26(24,25)16-4-2-3-14(10-16)20-18(23)17-11-15(21-22-17)9-12-5-7-13(19)8-6-12/h2-8,10-11H,9H2,1H3,(H,20,23)(H,21,22). The van der Waals surface area contributed by atoms with Gasteiger partial charge in [0.1, 0.15) is 0 Å². The monoisotopic (exact) mass is 389 g/mol. The number of rotatable bonds is 5. The summed E-state index contributed by atoms with van der Waals surface area (Å²) in [6.45, 7) is 0. The number of halogens is 1. The van der Waals surface area contributed by atoms with Crippen LogP contribution in [-0.4, -0.2) is 30.8 Å². The molecule has 0 fully saturated rings. The molecule has 2 aromatic carbocycles. The number of amides is 1. The van der Waals surface area contributed by atoms with Crippen LogP contribution in [0.3, 0.4) is 0 Å². The first-order valence-electron chi connectivity index (χ1n) is 7.71. The van der Waals surface area contributed by atoms with Gasteiger partial charge in [0.25, 0.3) is 5.91 Å². The smallest absolute Gasteiger partial charge is 0.276 e. The molecule has 0 unspecified atom stereocenters. The van der Waals surface area contributed by atoms with Crippen LogP contribution in [0.2, 0.25) is 5.02 Å². The van der Waals surface area contributed by atoms with E-state index >= 15 is 0 Å². The fourth-order valence-electron chi connectivity index (χ4n) is 2.39. The number of nitrogens with zero attached hydrogens (tertiary/aromatic N) is 1. The van der Waals surface area contributed by atoms with Crippen molar-refractivity contribution < 1.29 is 13.2 Å². The molecule has 6 nitrogen and oxygen atoms in total. The van der Waals surface area contributed by atoms with Gasteiger partial charge in [-0.1, -0.05) is 29.8 Å². The molecule has 0 saturated carbocycles. The summed E-state index contributed by atoms with van der Waals surface area (Å²) < 4.78 is 23.2. The van der Waals surface area contributed by atoms with Crippen LogP contribution in [0.15, 0.2) is 59.5 Å². The molecule has 3 rings (SSSR count). The minimum atomic E-state index is -3.34. The Kier molecular flexibility index (Phi) is 5.11. The summed E-state index contributed by atoms with van der Waals surface area (Å²) in [6, 6.07) is 15.1. The fourth-order valence-corrected chi connectivity index (χ4v) is 3.18. The van der Waals surface area contributed by atoms with E-state index in [1.54, 1.807) is 30.3 Å². The molecule has 0 aliphatic rings. The molecular weight excluding hydrogens is 374 g/mol. The number of H-pyrrole nitrogens is 1. The number of aromatic amines is 1. The highest BCUT2D eigenvalue weighted by Gasteiger charge is 2.13. The molecule has 1 amide bonds. The third-order valence-corrected chi connectivity index (χ3v) is 5.05. The van der Waals surface area contributed by atoms with E-state index in [2.05, 4.69) is 15.5 Å². The van der Waals surface area contributed by atoms with Crippen molar-refractivity contribution in [2.24, 2.45) is 0 Å². The third-order valence-electron chi connectivity index (χ3n) is 3.69. The maximum absolute atomic E-state index is 12.3. The average Bonchev–Trinajstić information content (AvgIpc) is 3.05. The van der Waals surface area contributed by atoms with Crippen molar-refractivity contribution in [3.63, 3.8) is 0 Å². The lowest BCUT2D eigenvalue weighted by molar-refractivity contribution is 0.102. The van der Waals surface area contributed by atoms with E-state index in [0.29, 0.717) is 17.1 Å². The maximum Gasteiger partial charge on any atom is 0.276 e. The molecule has 0 bridgehead atoms. The van der Waals surface area contributed by atoms with Crippen LogP contribution in [0.1, 0.15) is 21.7 Å². The fraction of sp³-hybridized carbons (Fsp3) is 0.111. The van der Waals surface area contributed by atoms with E-state index in [0.717, 1.165) is 17.5 Å². The summed E-state index contributed by atoms with van der Waals surface area (Å²) in [5, 5.41) is 10.2. The van der Waals surface area contributed by atoms with Gasteiger partial charge in [-0.2, -0.15) is 5.10 Å². The average molecular weight is 390 g/mol. The second-order valence-electron chi connectivity index (χ2n) is 5.84. The van der Waals surface area contributed by atoms with Crippen molar-refractivity contribution in [2.45, 2.75) is 11.3 Å². The maximum atomic E-state index is 12.3. The molecule has 26 heavy (non-hydrogen) atoms. The first-order valence-corrected chi connectivity index (χ1v) is 9.98. The molecule has 0 spiro atoms. The molecule has 0 saturated heterocycles. The number of hydrogen-bond donors (Lipinski definition) is 2. The number of benzene rings is 2. The summed E-state index contributed by atoms with van der Waals surface area (Å²) in [5.74, 6) is -0.422. The van der Waals surface area contributed by atoms with Gasteiger partial charge in [-0.05, 0) is 42.0 Å². The summed E-state index contributed by atoms with van der Waals surface area (Å²) in [6.07, 6.45) is 1.70. The Morgan fingerprint density at radius 1 is 1.15 bits per heavy atom. The normalized spacial score (nSPS) is 11.3. The number of carbonyl (C=O) groups excluding carboxylic acids is 1. The van der Waals surface area contributed by atoms with Crippen LogP contribution >= 0.6 is 11.6 Å².